The molecule has 2 N–H and O–H groups in total. The van der Waals surface area contributed by atoms with Crippen molar-refractivity contribution >= 4 is 28.7 Å². The van der Waals surface area contributed by atoms with Crippen LogP contribution in [0.4, 0.5) is 0 Å². The smallest absolute Gasteiger partial charge is 0.308 e. The van der Waals surface area contributed by atoms with Crippen LogP contribution in [-0.2, 0) is 9.59 Å². The molecule has 1 aliphatic heterocycles. The van der Waals surface area contributed by atoms with Crippen LogP contribution >= 0.6 is 0 Å². The number of likely N-dealkylation sites (tertiary alicyclic amines) is 1. The van der Waals surface area contributed by atoms with Crippen LogP contribution in [-0.4, -0.2) is 64.4 Å². The highest BCUT2D eigenvalue weighted by molar-refractivity contribution is 5.99. The van der Waals surface area contributed by atoms with Gasteiger partial charge in [0.1, 0.15) is 5.69 Å². The summed E-state index contributed by atoms with van der Waals surface area (Å²) in [4.78, 5) is 42.0. The zero-order valence-electron chi connectivity index (χ0n) is 14.1. The topological polar surface area (TPSA) is 93.7 Å². The Morgan fingerprint density at radius 1 is 1.32 bits per heavy atom. The number of H-pyrrole nitrogens is 1. The number of nitrogens with one attached hydrogen (secondary N) is 1. The fourth-order valence-corrected chi connectivity index (χ4v) is 3.17. The average Bonchev–Trinajstić information content (AvgIpc) is 3.05. The number of para-hydroxylation sites is 1. The maximum absolute atomic E-state index is 12.5. The van der Waals surface area contributed by atoms with Gasteiger partial charge in [-0.05, 0) is 25.0 Å². The van der Waals surface area contributed by atoms with Gasteiger partial charge >= 0.3 is 5.97 Å². The van der Waals surface area contributed by atoms with E-state index in [4.69, 9.17) is 5.11 Å². The number of fused-ring (bicyclic) bond motifs is 1. The second-order valence-electron chi connectivity index (χ2n) is 6.45. The van der Waals surface area contributed by atoms with Crippen LogP contribution in [0.5, 0.6) is 0 Å². The third-order valence-electron chi connectivity index (χ3n) is 4.60. The molecule has 25 heavy (non-hydrogen) atoms. The number of piperidine rings is 1. The monoisotopic (exact) mass is 343 g/mol. The van der Waals surface area contributed by atoms with Gasteiger partial charge in [0, 0.05) is 31.0 Å². The Kier molecular flexibility index (Phi) is 4.74. The summed E-state index contributed by atoms with van der Waals surface area (Å²) in [7, 11) is 1.57. The number of amides is 2. The van der Waals surface area contributed by atoms with Crippen molar-refractivity contribution in [3.63, 3.8) is 0 Å². The van der Waals surface area contributed by atoms with E-state index >= 15 is 0 Å². The van der Waals surface area contributed by atoms with E-state index in [1.807, 2.05) is 24.3 Å². The van der Waals surface area contributed by atoms with Gasteiger partial charge in [-0.15, -0.1) is 0 Å². The normalized spacial score (nSPS) is 17.5. The van der Waals surface area contributed by atoms with Gasteiger partial charge in [0.05, 0.1) is 12.5 Å². The summed E-state index contributed by atoms with van der Waals surface area (Å²) < 4.78 is 0. The number of aromatic amines is 1. The van der Waals surface area contributed by atoms with Crippen LogP contribution in [0.1, 0.15) is 23.3 Å². The van der Waals surface area contributed by atoms with Gasteiger partial charge < -0.3 is 19.9 Å². The molecule has 0 bridgehead atoms. The van der Waals surface area contributed by atoms with Gasteiger partial charge in [0.2, 0.25) is 5.91 Å². The van der Waals surface area contributed by atoms with E-state index in [0.717, 1.165) is 10.9 Å². The summed E-state index contributed by atoms with van der Waals surface area (Å²) in [6.45, 7) is 0.681. The number of rotatable bonds is 4. The minimum absolute atomic E-state index is 0.0689. The number of aliphatic carboxylic acids is 1. The lowest BCUT2D eigenvalue weighted by molar-refractivity contribution is -0.145. The molecule has 2 heterocycles. The van der Waals surface area contributed by atoms with Gasteiger partial charge in [0.25, 0.3) is 5.91 Å². The maximum Gasteiger partial charge on any atom is 0.308 e. The van der Waals surface area contributed by atoms with Crippen LogP contribution < -0.4 is 0 Å². The number of nitrogens with zero attached hydrogens (tertiary/aromatic N) is 2. The Morgan fingerprint density at radius 2 is 2.08 bits per heavy atom. The Morgan fingerprint density at radius 3 is 2.80 bits per heavy atom. The molecule has 2 aromatic rings. The quantitative estimate of drug-likeness (QED) is 0.881. The number of carbonyl (C=O) groups is 3. The van der Waals surface area contributed by atoms with Gasteiger partial charge in [-0.3, -0.25) is 14.4 Å². The molecular weight excluding hydrogens is 322 g/mol. The average molecular weight is 343 g/mol. The minimum atomic E-state index is -0.875. The Balaban J connectivity index is 1.64. The van der Waals surface area contributed by atoms with Crippen molar-refractivity contribution in [2.24, 2.45) is 5.92 Å². The second-order valence-corrected chi connectivity index (χ2v) is 6.45. The molecule has 1 saturated heterocycles. The Hall–Kier alpha value is -2.83. The first-order chi connectivity index (χ1) is 12.0. The van der Waals surface area contributed by atoms with E-state index in [-0.39, 0.29) is 24.9 Å². The molecule has 0 radical (unpaired) electrons. The number of carbonyl (C=O) groups excluding carboxylic acids is 2. The molecule has 1 fully saturated rings. The predicted octanol–water partition coefficient (Wildman–Crippen LogP) is 1.56. The molecule has 7 heteroatoms. The van der Waals surface area contributed by atoms with Crippen molar-refractivity contribution in [2.75, 3.05) is 26.7 Å². The predicted molar refractivity (Wildman–Crippen MR) is 92.2 cm³/mol. The molecule has 7 nitrogen and oxygen atoms in total. The van der Waals surface area contributed by atoms with Crippen LogP contribution in [0.15, 0.2) is 30.3 Å². The highest BCUT2D eigenvalue weighted by Gasteiger charge is 2.29. The van der Waals surface area contributed by atoms with E-state index in [0.29, 0.717) is 25.1 Å². The summed E-state index contributed by atoms with van der Waals surface area (Å²) >= 11 is 0. The van der Waals surface area contributed by atoms with Gasteiger partial charge in [0.15, 0.2) is 0 Å². The molecule has 0 spiro atoms. The van der Waals surface area contributed by atoms with Crippen LogP contribution in [0.25, 0.3) is 10.9 Å². The van der Waals surface area contributed by atoms with E-state index in [1.165, 1.54) is 9.80 Å². The molecule has 1 atom stereocenters. The summed E-state index contributed by atoms with van der Waals surface area (Å²) in [5, 5.41) is 10.1. The number of hydrogen-bond donors (Lipinski definition) is 2. The lowest BCUT2D eigenvalue weighted by Crippen LogP contribution is -2.46. The first kappa shape index (κ1) is 17.0. The molecule has 1 unspecified atom stereocenters. The molecule has 2 amide bonds. The second kappa shape index (κ2) is 6.96. The van der Waals surface area contributed by atoms with E-state index in [2.05, 4.69) is 4.98 Å². The molecule has 1 aliphatic rings. The molecule has 0 saturated carbocycles. The Bertz CT molecular complexity index is 781. The number of benzene rings is 1. The van der Waals surface area contributed by atoms with Crippen LogP contribution in [0.2, 0.25) is 0 Å². The van der Waals surface area contributed by atoms with E-state index in [9.17, 15) is 14.4 Å². The highest BCUT2D eigenvalue weighted by Crippen LogP contribution is 2.18. The third kappa shape index (κ3) is 3.65. The van der Waals surface area contributed by atoms with Crippen molar-refractivity contribution in [3.8, 4) is 0 Å². The largest absolute Gasteiger partial charge is 0.481 e. The number of aromatic nitrogens is 1. The van der Waals surface area contributed by atoms with E-state index < -0.39 is 11.9 Å². The standard InChI is InChI=1S/C18H21N3O4/c1-20(11-16(22)21-8-4-6-13(10-21)18(24)25)17(23)15-9-12-5-2-3-7-14(12)19-15/h2-3,5,7,9,13,19H,4,6,8,10-11H2,1H3,(H,24,25). The summed E-state index contributed by atoms with van der Waals surface area (Å²) in [5.74, 6) is -1.89. The fraction of sp³-hybridized carbons (Fsp3) is 0.389. The van der Waals surface area contributed by atoms with Crippen molar-refractivity contribution in [3.05, 3.63) is 36.0 Å². The Labute approximate surface area is 145 Å². The summed E-state index contributed by atoms with van der Waals surface area (Å²) in [6.07, 6.45) is 1.26. The molecule has 132 valence electrons. The molecular formula is C18H21N3O4. The number of carboxylic acid groups (broad SMARTS) is 1. The maximum atomic E-state index is 12.5. The zero-order valence-corrected chi connectivity index (χ0v) is 14.1. The van der Waals surface area contributed by atoms with Crippen molar-refractivity contribution < 1.29 is 19.5 Å². The highest BCUT2D eigenvalue weighted by atomic mass is 16.4. The van der Waals surface area contributed by atoms with Crippen molar-refractivity contribution in [1.82, 2.24) is 14.8 Å². The number of carboxylic acids is 1. The first-order valence-corrected chi connectivity index (χ1v) is 8.29. The molecule has 1 aromatic heterocycles. The zero-order chi connectivity index (χ0) is 18.0. The lowest BCUT2D eigenvalue weighted by atomic mass is 9.98. The van der Waals surface area contributed by atoms with Gasteiger partial charge in [-0.1, -0.05) is 18.2 Å². The number of hydrogen-bond acceptors (Lipinski definition) is 3. The molecule has 3 rings (SSSR count). The van der Waals surface area contributed by atoms with Gasteiger partial charge in [-0.25, -0.2) is 0 Å². The molecule has 1 aromatic carbocycles. The van der Waals surface area contributed by atoms with E-state index in [1.54, 1.807) is 13.1 Å². The minimum Gasteiger partial charge on any atom is -0.481 e. The van der Waals surface area contributed by atoms with Gasteiger partial charge in [-0.2, -0.15) is 0 Å². The number of likely N-dealkylation sites (N-methyl/N-ethyl adjacent to an activating group) is 1. The SMILES string of the molecule is CN(CC(=O)N1CCCC(C(=O)O)C1)C(=O)c1cc2ccccc2[nH]1. The van der Waals surface area contributed by atoms with Crippen molar-refractivity contribution in [2.45, 2.75) is 12.8 Å². The van der Waals surface area contributed by atoms with Crippen LogP contribution in [0, 0.1) is 5.92 Å². The first-order valence-electron chi connectivity index (χ1n) is 8.29. The third-order valence-corrected chi connectivity index (χ3v) is 4.60. The molecule has 0 aliphatic carbocycles. The summed E-state index contributed by atoms with van der Waals surface area (Å²) in [6, 6.07) is 9.34. The lowest BCUT2D eigenvalue weighted by Gasteiger charge is -2.31. The summed E-state index contributed by atoms with van der Waals surface area (Å²) in [5.41, 5.74) is 1.30. The van der Waals surface area contributed by atoms with Crippen molar-refractivity contribution in [1.29, 1.82) is 0 Å². The van der Waals surface area contributed by atoms with Crippen LogP contribution in [0.3, 0.4) is 0 Å². The fourth-order valence-electron chi connectivity index (χ4n) is 3.17.